The van der Waals surface area contributed by atoms with Gasteiger partial charge in [-0.3, -0.25) is 14.8 Å². The first kappa shape index (κ1) is 19.8. The van der Waals surface area contributed by atoms with Gasteiger partial charge in [-0.15, -0.1) is 16.4 Å². The van der Waals surface area contributed by atoms with E-state index < -0.39 is 0 Å². The Balaban J connectivity index is 1.33. The fraction of sp³-hybridized carbons (Fsp3) is 0.545. The highest BCUT2D eigenvalue weighted by Gasteiger charge is 2.33. The summed E-state index contributed by atoms with van der Waals surface area (Å²) in [5, 5.41) is 15.3. The molecule has 0 radical (unpaired) electrons. The largest absolute Gasteiger partial charge is 0.297 e. The summed E-state index contributed by atoms with van der Waals surface area (Å²) in [5.41, 5.74) is 1.33. The molecule has 1 saturated heterocycles. The predicted octanol–water partition coefficient (Wildman–Crippen LogP) is 3.54. The van der Waals surface area contributed by atoms with Crippen molar-refractivity contribution in [3.8, 4) is 0 Å². The van der Waals surface area contributed by atoms with Crippen LogP contribution in [0.1, 0.15) is 60.5 Å². The van der Waals surface area contributed by atoms with Gasteiger partial charge in [0.15, 0.2) is 5.82 Å². The number of rotatable bonds is 6. The molecule has 1 atom stereocenters. The van der Waals surface area contributed by atoms with Gasteiger partial charge in [0.2, 0.25) is 0 Å². The second-order valence-electron chi connectivity index (χ2n) is 8.36. The maximum absolute atomic E-state index is 4.56. The predicted molar refractivity (Wildman–Crippen MR) is 117 cm³/mol. The van der Waals surface area contributed by atoms with Crippen LogP contribution in [0, 0.1) is 0 Å². The van der Waals surface area contributed by atoms with Crippen molar-refractivity contribution in [3.63, 3.8) is 0 Å². The molecular weight excluding hydrogens is 394 g/mol. The van der Waals surface area contributed by atoms with Crippen LogP contribution in [-0.2, 0) is 6.54 Å². The highest BCUT2D eigenvalue weighted by Crippen LogP contribution is 2.35. The number of tetrazole rings is 1. The third-order valence-corrected chi connectivity index (χ3v) is 7.35. The van der Waals surface area contributed by atoms with Crippen LogP contribution in [-0.4, -0.2) is 61.2 Å². The zero-order valence-corrected chi connectivity index (χ0v) is 18.1. The number of pyridine rings is 1. The van der Waals surface area contributed by atoms with Crippen LogP contribution in [0.5, 0.6) is 0 Å². The third-order valence-electron chi connectivity index (χ3n) is 6.42. The molecule has 1 unspecified atom stereocenters. The molecule has 1 aliphatic carbocycles. The lowest BCUT2D eigenvalue weighted by atomic mass is 9.95. The fourth-order valence-corrected chi connectivity index (χ4v) is 5.66. The van der Waals surface area contributed by atoms with Crippen molar-refractivity contribution in [3.05, 3.63) is 58.3 Å². The lowest BCUT2D eigenvalue weighted by molar-refractivity contribution is 0.0998. The highest BCUT2D eigenvalue weighted by molar-refractivity contribution is 7.10. The summed E-state index contributed by atoms with van der Waals surface area (Å²) in [7, 11) is 0. The second-order valence-corrected chi connectivity index (χ2v) is 9.34. The molecule has 4 heterocycles. The lowest BCUT2D eigenvalue weighted by Gasteiger charge is -2.39. The summed E-state index contributed by atoms with van der Waals surface area (Å²) < 4.78 is 2.15. The van der Waals surface area contributed by atoms with Gasteiger partial charge in [0.1, 0.15) is 6.04 Å². The van der Waals surface area contributed by atoms with E-state index in [4.69, 9.17) is 0 Å². The van der Waals surface area contributed by atoms with Crippen LogP contribution in [0.15, 0.2) is 42.0 Å². The number of hydrogen-bond donors (Lipinski definition) is 0. The summed E-state index contributed by atoms with van der Waals surface area (Å²) in [6.07, 6.45) is 10.0. The number of thiophene rings is 1. The van der Waals surface area contributed by atoms with Crippen molar-refractivity contribution in [1.29, 1.82) is 0 Å². The highest BCUT2D eigenvalue weighted by atomic mass is 32.1. The Labute approximate surface area is 181 Å². The molecule has 1 aliphatic heterocycles. The van der Waals surface area contributed by atoms with E-state index >= 15 is 0 Å². The zero-order valence-electron chi connectivity index (χ0n) is 17.3. The van der Waals surface area contributed by atoms with Crippen molar-refractivity contribution in [2.24, 2.45) is 0 Å². The van der Waals surface area contributed by atoms with Crippen molar-refractivity contribution in [2.45, 2.75) is 50.7 Å². The number of hydrogen-bond acceptors (Lipinski definition) is 7. The van der Waals surface area contributed by atoms with Crippen LogP contribution in [0.4, 0.5) is 0 Å². The normalized spacial score (nSPS) is 20.4. The number of nitrogens with zero attached hydrogens (tertiary/aromatic N) is 7. The van der Waals surface area contributed by atoms with Gasteiger partial charge in [0, 0.05) is 50.0 Å². The van der Waals surface area contributed by atoms with Crippen molar-refractivity contribution < 1.29 is 0 Å². The van der Waals surface area contributed by atoms with E-state index in [2.05, 4.69) is 64.6 Å². The molecule has 158 valence electrons. The molecule has 0 spiro atoms. The van der Waals surface area contributed by atoms with E-state index in [0.29, 0.717) is 6.04 Å². The van der Waals surface area contributed by atoms with Crippen molar-refractivity contribution in [2.75, 3.05) is 26.2 Å². The van der Waals surface area contributed by atoms with Gasteiger partial charge in [-0.2, -0.15) is 0 Å². The first-order chi connectivity index (χ1) is 14.9. The topological polar surface area (TPSA) is 63.0 Å². The molecule has 1 saturated carbocycles. The van der Waals surface area contributed by atoms with E-state index in [1.165, 1.54) is 42.5 Å². The SMILES string of the molecule is c1csc(C(c2nnnn2C2CCCCC2)N2CCN(Cc3ccncc3)CC2)c1. The monoisotopic (exact) mass is 423 g/mol. The van der Waals surface area contributed by atoms with E-state index in [1.807, 2.05) is 23.7 Å². The van der Waals surface area contributed by atoms with Crippen LogP contribution in [0.25, 0.3) is 0 Å². The van der Waals surface area contributed by atoms with Crippen LogP contribution in [0.2, 0.25) is 0 Å². The van der Waals surface area contributed by atoms with Gasteiger partial charge >= 0.3 is 0 Å². The van der Waals surface area contributed by atoms with E-state index in [-0.39, 0.29) is 6.04 Å². The van der Waals surface area contributed by atoms with Gasteiger partial charge < -0.3 is 0 Å². The molecule has 3 aromatic heterocycles. The first-order valence-corrected chi connectivity index (χ1v) is 11.9. The molecule has 0 aromatic carbocycles. The summed E-state index contributed by atoms with van der Waals surface area (Å²) in [4.78, 5) is 10.6. The Hall–Kier alpha value is -2.16. The Morgan fingerprint density at radius 2 is 1.80 bits per heavy atom. The maximum Gasteiger partial charge on any atom is 0.174 e. The van der Waals surface area contributed by atoms with Crippen LogP contribution >= 0.6 is 11.3 Å². The van der Waals surface area contributed by atoms with E-state index in [9.17, 15) is 0 Å². The molecular formula is C22H29N7S. The molecule has 3 aromatic rings. The van der Waals surface area contributed by atoms with E-state index in [1.54, 1.807) is 0 Å². The lowest BCUT2D eigenvalue weighted by Crippen LogP contribution is -2.47. The molecule has 0 N–H and O–H groups in total. The van der Waals surface area contributed by atoms with Crippen LogP contribution < -0.4 is 0 Å². The zero-order chi connectivity index (χ0) is 20.2. The summed E-state index contributed by atoms with van der Waals surface area (Å²) in [6.45, 7) is 5.13. The van der Waals surface area contributed by atoms with Gasteiger partial charge in [0.25, 0.3) is 0 Å². The summed E-state index contributed by atoms with van der Waals surface area (Å²) >= 11 is 1.81. The Morgan fingerprint density at radius 3 is 2.53 bits per heavy atom. The third kappa shape index (κ3) is 4.31. The molecule has 0 bridgehead atoms. The molecule has 5 rings (SSSR count). The van der Waals surface area contributed by atoms with E-state index in [0.717, 1.165) is 38.5 Å². The van der Waals surface area contributed by atoms with Crippen molar-refractivity contribution >= 4 is 11.3 Å². The molecule has 8 heteroatoms. The second kappa shape index (κ2) is 9.32. The van der Waals surface area contributed by atoms with Gasteiger partial charge in [-0.25, -0.2) is 4.68 Å². The molecule has 30 heavy (non-hydrogen) atoms. The smallest absolute Gasteiger partial charge is 0.174 e. The van der Waals surface area contributed by atoms with Crippen molar-refractivity contribution in [1.82, 2.24) is 35.0 Å². The minimum absolute atomic E-state index is 0.144. The molecule has 2 fully saturated rings. The Morgan fingerprint density at radius 1 is 1.00 bits per heavy atom. The molecule has 2 aliphatic rings. The fourth-order valence-electron chi connectivity index (χ4n) is 4.81. The standard InChI is InChI=1S/C22H29N7S/c1-2-5-19(6-3-1)29-22(24-25-26-29)21(20-7-4-16-30-20)28-14-12-27(13-15-28)17-18-8-10-23-11-9-18/h4,7-11,16,19,21H,1-3,5-6,12-15,17H2. The van der Waals surface area contributed by atoms with Gasteiger partial charge in [0.05, 0.1) is 6.04 Å². The number of piperazine rings is 1. The Kier molecular flexibility index (Phi) is 6.15. The summed E-state index contributed by atoms with van der Waals surface area (Å²) in [5.74, 6) is 1.02. The summed E-state index contributed by atoms with van der Waals surface area (Å²) in [6, 6.07) is 9.18. The van der Waals surface area contributed by atoms with Gasteiger partial charge in [-0.1, -0.05) is 25.3 Å². The molecule has 7 nitrogen and oxygen atoms in total. The minimum atomic E-state index is 0.144. The molecule has 0 amide bonds. The van der Waals surface area contributed by atoms with Gasteiger partial charge in [-0.05, 0) is 52.4 Å². The quantitative estimate of drug-likeness (QED) is 0.604. The number of aromatic nitrogens is 5. The average Bonchev–Trinajstić information content (AvgIpc) is 3.50. The van der Waals surface area contributed by atoms with Crippen LogP contribution in [0.3, 0.4) is 0 Å². The maximum atomic E-state index is 4.56. The average molecular weight is 424 g/mol. The first-order valence-electron chi connectivity index (χ1n) is 11.0. The Bertz CT molecular complexity index is 897. The minimum Gasteiger partial charge on any atom is -0.297 e.